The number of hydrogen-bond acceptors (Lipinski definition) is 4. The van der Waals surface area contributed by atoms with Gasteiger partial charge in [-0.15, -0.1) is 10.2 Å². The van der Waals surface area contributed by atoms with Crippen LogP contribution in [0.1, 0.15) is 0 Å². The topological polar surface area (TPSA) is 92.2 Å². The Bertz CT molecular complexity index is 27.2. The Morgan fingerprint density at radius 2 is 0.857 bits per heavy atom. The summed E-state index contributed by atoms with van der Waals surface area (Å²) in [7, 11) is -4.94. The largest absolute Gasteiger partial charge is 1.00 e. The van der Waals surface area contributed by atoms with Crippen LogP contribution in [-0.4, -0.2) is 0 Å². The molecule has 0 aromatic heterocycles. The average Bonchev–Trinajstić information content (AvgIpc) is 0.722. The Kier molecular flexibility index (Phi) is 15.2. The summed E-state index contributed by atoms with van der Waals surface area (Å²) in [6.07, 6.45) is 0. The maximum atomic E-state index is 8.49. The van der Waals surface area contributed by atoms with Crippen molar-refractivity contribution in [2.24, 2.45) is 0 Å². The molecule has 0 aromatic carbocycles. The average molecular weight is 322 g/mol. The van der Waals surface area contributed by atoms with Crippen molar-refractivity contribution in [2.75, 3.05) is 0 Å². The summed E-state index contributed by atoms with van der Waals surface area (Å²) in [6.45, 7) is 0. The van der Waals surface area contributed by atoms with Gasteiger partial charge in [0.2, 0.25) is 0 Å². The van der Waals surface area contributed by atoms with E-state index in [1.54, 1.807) is 0 Å². The fourth-order valence-electron chi connectivity index (χ4n) is 0. The van der Waals surface area contributed by atoms with Gasteiger partial charge >= 0.3 is 51.4 Å². The molecule has 0 rings (SSSR count). The van der Waals surface area contributed by atoms with Gasteiger partial charge in [0, 0.05) is 21.1 Å². The third kappa shape index (κ3) is 58.5. The second kappa shape index (κ2) is 6.57. The van der Waals surface area contributed by atoms with Gasteiger partial charge in [-0.1, -0.05) is 0 Å². The molecule has 0 aliphatic rings. The first-order valence-electron chi connectivity index (χ1n) is 0.617. The molecule has 0 aromatic rings. The fourth-order valence-corrected chi connectivity index (χ4v) is 0. The Morgan fingerprint density at radius 1 is 0.857 bits per heavy atom. The smallest absolute Gasteiger partial charge is 0.222 e. The van der Waals surface area contributed by atoms with Crippen LogP contribution in [0, 0.1) is 10.2 Å². The van der Waals surface area contributed by atoms with Gasteiger partial charge in [-0.3, -0.25) is 0 Å². The van der Waals surface area contributed by atoms with Crippen molar-refractivity contribution in [1.82, 2.24) is 0 Å². The molecule has 7 heavy (non-hydrogen) atoms. The monoisotopic (exact) mass is 322 g/mol. The molecule has 4 nitrogen and oxygen atoms in total. The van der Waals surface area contributed by atoms with E-state index < -0.39 is 10.2 Å². The Morgan fingerprint density at radius 3 is 0.857 bits per heavy atom. The van der Waals surface area contributed by atoms with Gasteiger partial charge in [0.1, 0.15) is 0 Å². The third-order valence-electron chi connectivity index (χ3n) is 0. The first-order chi connectivity index (χ1) is 2.00. The van der Waals surface area contributed by atoms with Crippen LogP contribution in [0.25, 0.3) is 0 Å². The summed E-state index contributed by atoms with van der Waals surface area (Å²) < 4.78 is 34.0. The van der Waals surface area contributed by atoms with E-state index in [2.05, 4.69) is 0 Å². The predicted octanol–water partition coefficient (Wildman–Crippen LogP) is -7.75. The molecule has 7 heteroatoms. The summed E-state index contributed by atoms with van der Waals surface area (Å²) in [5.41, 5.74) is 0. The van der Waals surface area contributed by atoms with Gasteiger partial charge in [0.25, 0.3) is 0 Å². The van der Waals surface area contributed by atoms with Crippen molar-refractivity contribution in [1.29, 1.82) is 0 Å². The van der Waals surface area contributed by atoms with E-state index in [-0.39, 0.29) is 72.4 Å². The molecule has 0 unspecified atom stereocenters. The van der Waals surface area contributed by atoms with E-state index in [4.69, 9.17) is 18.6 Å². The molecular weight excluding hydrogens is 322 g/mol. The Balaban J connectivity index is -0.0000000800. The van der Waals surface area contributed by atoms with Crippen LogP contribution in [0.4, 0.5) is 0 Å². The number of rotatable bonds is 0. The summed E-state index contributed by atoms with van der Waals surface area (Å²) in [5.74, 6) is 0. The van der Waals surface area contributed by atoms with Crippen molar-refractivity contribution in [2.45, 2.75) is 0 Å². The van der Waals surface area contributed by atoms with Crippen molar-refractivity contribution < 1.29 is 101 Å². The van der Waals surface area contributed by atoms with E-state index in [0.717, 1.165) is 0 Å². The number of halogens is 1. The first-order valence-corrected chi connectivity index (χ1v) is 1.85. The van der Waals surface area contributed by atoms with Crippen LogP contribution in [0.2, 0.25) is 0 Å². The zero-order valence-corrected chi connectivity index (χ0v) is 10.2. The van der Waals surface area contributed by atoms with Crippen molar-refractivity contribution in [3.8, 4) is 0 Å². The van der Waals surface area contributed by atoms with Gasteiger partial charge in [0.05, 0.1) is 0 Å². The molecular formula is ClKO4W. The van der Waals surface area contributed by atoms with E-state index in [0.29, 0.717) is 0 Å². The van der Waals surface area contributed by atoms with Crippen LogP contribution in [0.3, 0.4) is 0 Å². The Labute approximate surface area is 99.3 Å². The van der Waals surface area contributed by atoms with Gasteiger partial charge in [-0.05, 0) is 0 Å². The molecule has 0 radical (unpaired) electrons. The second-order valence-electron chi connectivity index (χ2n) is 0.378. The molecule has 0 fully saturated rings. The van der Waals surface area contributed by atoms with Gasteiger partial charge < -0.3 is 0 Å². The van der Waals surface area contributed by atoms with Crippen LogP contribution in [0.5, 0.6) is 0 Å². The minimum Gasteiger partial charge on any atom is -0.222 e. The van der Waals surface area contributed by atoms with Gasteiger partial charge in [0.15, 0.2) is 0 Å². The zero-order chi connectivity index (χ0) is 4.50. The minimum atomic E-state index is -4.94. The van der Waals surface area contributed by atoms with Crippen LogP contribution in [-0.2, 0) is 21.1 Å². The van der Waals surface area contributed by atoms with E-state index in [1.807, 2.05) is 0 Å². The molecule has 0 N–H and O–H groups in total. The molecule has 0 saturated carbocycles. The molecule has 0 aliphatic carbocycles. The van der Waals surface area contributed by atoms with E-state index in [9.17, 15) is 0 Å². The van der Waals surface area contributed by atoms with Gasteiger partial charge in [-0.25, -0.2) is 18.6 Å². The first kappa shape index (κ1) is 16.2. The van der Waals surface area contributed by atoms with Crippen LogP contribution >= 0.6 is 0 Å². The molecule has 38 valence electrons. The molecule has 0 spiro atoms. The minimum absolute atomic E-state index is 0. The quantitative estimate of drug-likeness (QED) is 0.414. The second-order valence-corrected chi connectivity index (χ2v) is 1.13. The predicted molar refractivity (Wildman–Crippen MR) is 0 cm³/mol. The molecule has 0 bridgehead atoms. The normalized spacial score (nSPS) is 8.57. The Hall–Kier alpha value is 2.45. The maximum absolute atomic E-state index is 8.49. The summed E-state index contributed by atoms with van der Waals surface area (Å²) >= 11 is 0. The van der Waals surface area contributed by atoms with E-state index in [1.165, 1.54) is 0 Å². The maximum Gasteiger partial charge on any atom is 1.00 e. The van der Waals surface area contributed by atoms with Crippen LogP contribution in [0.15, 0.2) is 0 Å². The van der Waals surface area contributed by atoms with Crippen molar-refractivity contribution >= 4 is 0 Å². The van der Waals surface area contributed by atoms with E-state index >= 15 is 0 Å². The third-order valence-corrected chi connectivity index (χ3v) is 0. The SMILES string of the molecule is [K+].[O-][Cl+3]([O-])([O-])[O-].[W]. The molecule has 0 amide bonds. The van der Waals surface area contributed by atoms with Crippen molar-refractivity contribution in [3.63, 3.8) is 0 Å². The molecule has 0 atom stereocenters. The molecule has 0 aliphatic heterocycles. The summed E-state index contributed by atoms with van der Waals surface area (Å²) in [4.78, 5) is 0. The zero-order valence-electron chi connectivity index (χ0n) is 3.42. The van der Waals surface area contributed by atoms with Crippen molar-refractivity contribution in [3.05, 3.63) is 0 Å². The number of hydrogen-bond donors (Lipinski definition) is 0. The molecule has 0 saturated heterocycles. The summed E-state index contributed by atoms with van der Waals surface area (Å²) in [5, 5.41) is 0. The molecule has 0 heterocycles. The standard InChI is InChI=1S/ClHO4.K.W/c2-1(3,4)5;;/h(H,2,3,4,5);;/q;+1;/p-1. The summed E-state index contributed by atoms with van der Waals surface area (Å²) in [6, 6.07) is 0. The van der Waals surface area contributed by atoms with Gasteiger partial charge in [-0.2, -0.15) is 0 Å². The van der Waals surface area contributed by atoms with Crippen LogP contribution < -0.4 is 70.0 Å². The fraction of sp³-hybridized carbons (Fsp3) is 0.